The summed E-state index contributed by atoms with van der Waals surface area (Å²) in [5.41, 5.74) is 0.125. The maximum Gasteiger partial charge on any atom is 0.342 e. The standard InChI is InChI=1S/C12H10N2O3S/c15-10-9(11(16)17)6-13-12(14-10)18-7-8-4-2-1-3-5-8/h1-6H,7H2,(H,16,17)(H,13,14,15). The van der Waals surface area contributed by atoms with Crippen LogP contribution in [0.4, 0.5) is 0 Å². The first-order valence-electron chi connectivity index (χ1n) is 5.16. The van der Waals surface area contributed by atoms with Gasteiger partial charge in [-0.1, -0.05) is 42.1 Å². The zero-order valence-electron chi connectivity index (χ0n) is 9.29. The number of hydrogen-bond acceptors (Lipinski definition) is 4. The fraction of sp³-hybridized carbons (Fsp3) is 0.0833. The Morgan fingerprint density at radius 3 is 2.67 bits per heavy atom. The average molecular weight is 262 g/mol. The molecule has 0 radical (unpaired) electrons. The number of carboxylic acids is 1. The van der Waals surface area contributed by atoms with Gasteiger partial charge in [0.15, 0.2) is 5.16 Å². The minimum absolute atomic E-state index is 0.348. The molecule has 0 aliphatic heterocycles. The third-order valence-corrected chi connectivity index (χ3v) is 3.18. The van der Waals surface area contributed by atoms with Crippen molar-refractivity contribution in [2.45, 2.75) is 10.9 Å². The van der Waals surface area contributed by atoms with E-state index in [1.165, 1.54) is 11.8 Å². The number of nitrogens with one attached hydrogen (secondary N) is 1. The number of hydrogen-bond donors (Lipinski definition) is 2. The second-order valence-electron chi connectivity index (χ2n) is 3.51. The summed E-state index contributed by atoms with van der Waals surface area (Å²) >= 11 is 1.35. The summed E-state index contributed by atoms with van der Waals surface area (Å²) in [6.45, 7) is 0. The fourth-order valence-electron chi connectivity index (χ4n) is 1.33. The van der Waals surface area contributed by atoms with Crippen molar-refractivity contribution in [3.63, 3.8) is 0 Å². The molecule has 5 nitrogen and oxygen atoms in total. The first-order valence-corrected chi connectivity index (χ1v) is 6.14. The van der Waals surface area contributed by atoms with E-state index in [0.717, 1.165) is 11.8 Å². The van der Waals surface area contributed by atoms with Gasteiger partial charge in [-0.25, -0.2) is 9.78 Å². The lowest BCUT2D eigenvalue weighted by molar-refractivity contribution is 0.0694. The molecule has 18 heavy (non-hydrogen) atoms. The molecule has 0 saturated heterocycles. The molecule has 0 fully saturated rings. The lowest BCUT2D eigenvalue weighted by atomic mass is 10.2. The van der Waals surface area contributed by atoms with Crippen LogP contribution in [0.15, 0.2) is 46.5 Å². The Morgan fingerprint density at radius 1 is 1.33 bits per heavy atom. The van der Waals surface area contributed by atoms with Gasteiger partial charge in [-0.15, -0.1) is 0 Å². The fourth-order valence-corrected chi connectivity index (χ4v) is 2.12. The number of H-pyrrole nitrogens is 1. The van der Waals surface area contributed by atoms with E-state index in [4.69, 9.17) is 5.11 Å². The molecule has 0 aliphatic rings. The van der Waals surface area contributed by atoms with Gasteiger partial charge in [-0.2, -0.15) is 0 Å². The summed E-state index contributed by atoms with van der Waals surface area (Å²) < 4.78 is 0. The van der Waals surface area contributed by atoms with E-state index < -0.39 is 11.5 Å². The predicted molar refractivity (Wildman–Crippen MR) is 67.8 cm³/mol. The van der Waals surface area contributed by atoms with E-state index >= 15 is 0 Å². The molecule has 2 aromatic rings. The third-order valence-electron chi connectivity index (χ3n) is 2.22. The van der Waals surface area contributed by atoms with Crippen LogP contribution in [0.25, 0.3) is 0 Å². The zero-order chi connectivity index (χ0) is 13.0. The maximum absolute atomic E-state index is 11.4. The number of benzene rings is 1. The molecular formula is C12H10N2O3S. The highest BCUT2D eigenvalue weighted by molar-refractivity contribution is 7.98. The second-order valence-corrected chi connectivity index (χ2v) is 4.47. The lowest BCUT2D eigenvalue weighted by Crippen LogP contribution is -2.18. The molecule has 0 bridgehead atoms. The van der Waals surface area contributed by atoms with Crippen LogP contribution in [0.2, 0.25) is 0 Å². The molecule has 2 N–H and O–H groups in total. The van der Waals surface area contributed by atoms with Crippen molar-refractivity contribution in [2.24, 2.45) is 0 Å². The third kappa shape index (κ3) is 2.98. The first kappa shape index (κ1) is 12.4. The van der Waals surface area contributed by atoms with Gasteiger partial charge in [0.2, 0.25) is 0 Å². The number of aromatic nitrogens is 2. The monoisotopic (exact) mass is 262 g/mol. The molecule has 2 rings (SSSR count). The van der Waals surface area contributed by atoms with Crippen LogP contribution in [-0.4, -0.2) is 21.0 Å². The number of aromatic carboxylic acids is 1. The average Bonchev–Trinajstić information content (AvgIpc) is 2.37. The summed E-state index contributed by atoms with van der Waals surface area (Å²) in [6.07, 6.45) is 1.08. The first-order chi connectivity index (χ1) is 8.66. The minimum atomic E-state index is -1.27. The highest BCUT2D eigenvalue weighted by atomic mass is 32.2. The molecule has 1 aromatic carbocycles. The van der Waals surface area contributed by atoms with Crippen molar-refractivity contribution in [2.75, 3.05) is 0 Å². The number of thioether (sulfide) groups is 1. The SMILES string of the molecule is O=C(O)c1cnc(SCc2ccccc2)[nH]c1=O. The van der Waals surface area contributed by atoms with Crippen LogP contribution in [0.3, 0.4) is 0 Å². The van der Waals surface area contributed by atoms with E-state index in [-0.39, 0.29) is 5.56 Å². The summed E-state index contributed by atoms with van der Waals surface area (Å²) in [5.74, 6) is -0.612. The molecular weight excluding hydrogens is 252 g/mol. The minimum Gasteiger partial charge on any atom is -0.477 e. The van der Waals surface area contributed by atoms with Gasteiger partial charge in [0.05, 0.1) is 0 Å². The quantitative estimate of drug-likeness (QED) is 0.648. The largest absolute Gasteiger partial charge is 0.477 e. The Bertz CT molecular complexity index is 610. The summed E-state index contributed by atoms with van der Waals surface area (Å²) in [4.78, 5) is 28.4. The van der Waals surface area contributed by atoms with Gasteiger partial charge >= 0.3 is 5.97 Å². The normalized spacial score (nSPS) is 10.2. The Kier molecular flexibility index (Phi) is 3.78. The van der Waals surface area contributed by atoms with Crippen molar-refractivity contribution < 1.29 is 9.90 Å². The van der Waals surface area contributed by atoms with Crippen molar-refractivity contribution in [3.8, 4) is 0 Å². The predicted octanol–water partition coefficient (Wildman–Crippen LogP) is 1.76. The highest BCUT2D eigenvalue weighted by Crippen LogP contribution is 2.17. The van der Waals surface area contributed by atoms with Crippen LogP contribution in [0.1, 0.15) is 15.9 Å². The summed E-state index contributed by atoms with van der Waals surface area (Å²) in [6, 6.07) is 9.72. The Balaban J connectivity index is 2.09. The van der Waals surface area contributed by atoms with E-state index in [1.54, 1.807) is 0 Å². The van der Waals surface area contributed by atoms with Crippen molar-refractivity contribution in [1.82, 2.24) is 9.97 Å². The molecule has 0 spiro atoms. The molecule has 0 unspecified atom stereocenters. The molecule has 1 heterocycles. The highest BCUT2D eigenvalue weighted by Gasteiger charge is 2.09. The molecule has 6 heteroatoms. The number of rotatable bonds is 4. The van der Waals surface area contributed by atoms with Gasteiger partial charge in [0.25, 0.3) is 5.56 Å². The van der Waals surface area contributed by atoms with Crippen molar-refractivity contribution >= 4 is 17.7 Å². The van der Waals surface area contributed by atoms with Gasteiger partial charge in [0, 0.05) is 11.9 Å². The topological polar surface area (TPSA) is 83.0 Å². The van der Waals surface area contributed by atoms with Crippen LogP contribution in [0, 0.1) is 0 Å². The van der Waals surface area contributed by atoms with Crippen molar-refractivity contribution in [1.29, 1.82) is 0 Å². The number of carbonyl (C=O) groups is 1. The number of carboxylic acid groups (broad SMARTS) is 1. The van der Waals surface area contributed by atoms with Crippen LogP contribution in [0.5, 0.6) is 0 Å². The molecule has 92 valence electrons. The van der Waals surface area contributed by atoms with Gasteiger partial charge in [-0.05, 0) is 5.56 Å². The van der Waals surface area contributed by atoms with E-state index in [2.05, 4.69) is 9.97 Å². The molecule has 0 saturated carbocycles. The van der Waals surface area contributed by atoms with Gasteiger partial charge in [0.1, 0.15) is 5.56 Å². The summed E-state index contributed by atoms with van der Waals surface area (Å²) in [7, 11) is 0. The van der Waals surface area contributed by atoms with Crippen molar-refractivity contribution in [3.05, 3.63) is 58.0 Å². The molecule has 1 aromatic heterocycles. The molecule has 0 aliphatic carbocycles. The van der Waals surface area contributed by atoms with E-state index in [1.807, 2.05) is 30.3 Å². The maximum atomic E-state index is 11.4. The van der Waals surface area contributed by atoms with Gasteiger partial charge < -0.3 is 10.1 Å². The van der Waals surface area contributed by atoms with E-state index in [0.29, 0.717) is 10.9 Å². The molecule has 0 amide bonds. The molecule has 0 atom stereocenters. The Morgan fingerprint density at radius 2 is 2.06 bits per heavy atom. The second kappa shape index (κ2) is 5.50. The zero-order valence-corrected chi connectivity index (χ0v) is 10.1. The Hall–Kier alpha value is -2.08. The number of aromatic amines is 1. The van der Waals surface area contributed by atoms with E-state index in [9.17, 15) is 9.59 Å². The van der Waals surface area contributed by atoms with Gasteiger partial charge in [-0.3, -0.25) is 4.79 Å². The summed E-state index contributed by atoms with van der Waals surface area (Å²) in [5, 5.41) is 9.11. The van der Waals surface area contributed by atoms with Crippen LogP contribution in [-0.2, 0) is 5.75 Å². The van der Waals surface area contributed by atoms with Crippen LogP contribution >= 0.6 is 11.8 Å². The lowest BCUT2D eigenvalue weighted by Gasteiger charge is -2.01. The number of nitrogens with zero attached hydrogens (tertiary/aromatic N) is 1. The van der Waals surface area contributed by atoms with Crippen LogP contribution < -0.4 is 5.56 Å². The smallest absolute Gasteiger partial charge is 0.342 e. The Labute approximate surface area is 107 Å².